The molecule has 262 valence electrons. The predicted octanol–water partition coefficient (Wildman–Crippen LogP) is 15.1. The molecule has 0 radical (unpaired) electrons. The molecule has 0 saturated heterocycles. The Hall–Kier alpha value is -6.06. The average Bonchev–Trinajstić information content (AvgIpc) is 3.23. The first kappa shape index (κ1) is 33.3. The summed E-state index contributed by atoms with van der Waals surface area (Å²) in [7, 11) is 0. The molecule has 0 aliphatic carbocycles. The van der Waals surface area contributed by atoms with Gasteiger partial charge in [0.15, 0.2) is 0 Å². The van der Waals surface area contributed by atoms with Crippen LogP contribution < -0.4 is 10.4 Å². The maximum Gasteiger partial charge on any atom is 0.0332 e. The fraction of sp³-hybridized carbons (Fsp3) is 0. The molecule has 0 aliphatic heterocycles. The Morgan fingerprint density at radius 3 is 1.43 bits per heavy atom. The molecule has 0 aliphatic rings. The van der Waals surface area contributed by atoms with Gasteiger partial charge in [-0.15, -0.1) is 0 Å². The molecule has 2 heteroatoms. The van der Waals surface area contributed by atoms with Crippen molar-refractivity contribution in [3.8, 4) is 22.3 Å². The molecule has 0 amide bonds. The predicted molar refractivity (Wildman–Crippen MR) is 252 cm³/mol. The first-order valence-electron chi connectivity index (χ1n) is 18.9. The Bertz CT molecular complexity index is 3650. The van der Waals surface area contributed by atoms with Crippen LogP contribution in [-0.2, 0) is 0 Å². The van der Waals surface area contributed by atoms with Crippen LogP contribution in [0.5, 0.6) is 0 Å². The highest BCUT2D eigenvalue weighted by molar-refractivity contribution is 9.11. The van der Waals surface area contributed by atoms with Crippen molar-refractivity contribution >= 4 is 131 Å². The summed E-state index contributed by atoms with van der Waals surface area (Å²) >= 11 is 7.86. The van der Waals surface area contributed by atoms with Crippen molar-refractivity contribution in [2.24, 2.45) is 0 Å². The van der Waals surface area contributed by atoms with Crippen LogP contribution in [0.25, 0.3) is 121 Å². The molecule has 0 fully saturated rings. The molecule has 56 heavy (non-hydrogen) atoms. The third-order valence-corrected chi connectivity index (χ3v) is 13.5. The number of benzene rings is 11. The summed E-state index contributed by atoms with van der Waals surface area (Å²) in [6.45, 7) is 8.34. The van der Waals surface area contributed by atoms with Gasteiger partial charge in [-0.3, -0.25) is 0 Å². The third kappa shape index (κ3) is 4.83. The molecule has 0 heterocycles. The van der Waals surface area contributed by atoms with E-state index in [2.05, 4.69) is 203 Å². The molecule has 11 aromatic carbocycles. The van der Waals surface area contributed by atoms with Crippen molar-refractivity contribution in [3.05, 3.63) is 190 Å². The van der Waals surface area contributed by atoms with E-state index in [1.165, 1.54) is 108 Å². The number of fused-ring (bicyclic) bond motifs is 11. The van der Waals surface area contributed by atoms with Gasteiger partial charge in [-0.05, 0) is 169 Å². The fourth-order valence-corrected chi connectivity index (χ4v) is 10.7. The molecular weight excluding hydrogens is 808 g/mol. The second-order valence-electron chi connectivity index (χ2n) is 14.7. The van der Waals surface area contributed by atoms with Gasteiger partial charge in [0.2, 0.25) is 0 Å². The van der Waals surface area contributed by atoms with Gasteiger partial charge in [-0.2, -0.15) is 0 Å². The first-order valence-corrected chi connectivity index (χ1v) is 20.4. The average molecular weight is 841 g/mol. The first-order chi connectivity index (χ1) is 27.5. The van der Waals surface area contributed by atoms with E-state index in [1.54, 1.807) is 0 Å². The van der Waals surface area contributed by atoms with Crippen LogP contribution in [0.1, 0.15) is 0 Å². The summed E-state index contributed by atoms with van der Waals surface area (Å²) < 4.78 is 2.19. The lowest BCUT2D eigenvalue weighted by Gasteiger charge is -2.18. The largest absolute Gasteiger partial charge is 0.0990 e. The van der Waals surface area contributed by atoms with Gasteiger partial charge in [0.05, 0.1) is 0 Å². The maximum atomic E-state index is 4.41. The smallest absolute Gasteiger partial charge is 0.0332 e. The number of hydrogen-bond donors (Lipinski definition) is 0. The summed E-state index contributed by atoms with van der Waals surface area (Å²) in [4.78, 5) is 0. The number of hydrogen-bond acceptors (Lipinski definition) is 0. The minimum absolute atomic E-state index is 0.973. The number of halogens is 2. The van der Waals surface area contributed by atoms with E-state index in [4.69, 9.17) is 0 Å². The topological polar surface area (TPSA) is 0 Å². The number of allylic oxidation sites excluding steroid dienone is 1. The van der Waals surface area contributed by atoms with E-state index < -0.39 is 0 Å². The van der Waals surface area contributed by atoms with Gasteiger partial charge in [-0.1, -0.05) is 165 Å². The van der Waals surface area contributed by atoms with Crippen molar-refractivity contribution in [3.63, 3.8) is 0 Å². The van der Waals surface area contributed by atoms with Gasteiger partial charge in [0, 0.05) is 8.95 Å². The molecule has 0 aromatic heterocycles. The summed E-state index contributed by atoms with van der Waals surface area (Å²) in [6, 6.07) is 58.5. The zero-order valence-electron chi connectivity index (χ0n) is 30.3. The molecule has 0 nitrogen and oxygen atoms in total. The van der Waals surface area contributed by atoms with Crippen molar-refractivity contribution in [1.82, 2.24) is 0 Å². The Labute approximate surface area is 340 Å². The van der Waals surface area contributed by atoms with Crippen molar-refractivity contribution in [2.45, 2.75) is 0 Å². The van der Waals surface area contributed by atoms with Gasteiger partial charge in [0.25, 0.3) is 0 Å². The van der Waals surface area contributed by atoms with E-state index in [1.807, 2.05) is 12.2 Å². The molecule has 0 saturated carbocycles. The summed E-state index contributed by atoms with van der Waals surface area (Å²) in [5.41, 5.74) is 4.97. The zero-order valence-corrected chi connectivity index (χ0v) is 33.5. The Morgan fingerprint density at radius 1 is 0.357 bits per heavy atom. The van der Waals surface area contributed by atoms with Crippen LogP contribution in [-0.4, -0.2) is 0 Å². The van der Waals surface area contributed by atoms with Gasteiger partial charge < -0.3 is 0 Å². The quantitative estimate of drug-likeness (QED) is 0.123. The lowest BCUT2D eigenvalue weighted by atomic mass is 9.85. The van der Waals surface area contributed by atoms with E-state index in [0.29, 0.717) is 0 Å². The van der Waals surface area contributed by atoms with Gasteiger partial charge >= 0.3 is 0 Å². The second-order valence-corrected chi connectivity index (χ2v) is 16.3. The lowest BCUT2D eigenvalue weighted by Crippen LogP contribution is -2.24. The SMILES string of the molecule is C=C/C=c1/c(Br)c2ccc3c(-c4c5ccccc5cc5c4ccc4c(-c6cccc7c6ccc6c(Br)c8ccccc8cc67)cccc45)cccc3c2cc1=C. The second kappa shape index (κ2) is 12.7. The molecule has 0 spiro atoms. The van der Waals surface area contributed by atoms with E-state index >= 15 is 0 Å². The highest BCUT2D eigenvalue weighted by Gasteiger charge is 2.18. The van der Waals surface area contributed by atoms with Crippen LogP contribution in [0, 0.1) is 0 Å². The standard InChI is InChI=1S/C54H32Br2/c1-3-11-34-31(2)28-49-41-20-10-21-45(44(41)24-27-47(49)53(34)55)52-35-14-6-4-12-32(35)29-50-39-18-8-16-37(42(39)22-25-46(50)52)38-17-9-19-40-43(38)23-26-48-51(40)30-33-13-5-7-15-36(33)54(48)56/h3-30H,1-2H2/b34-11+. The zero-order chi connectivity index (χ0) is 37.7. The van der Waals surface area contributed by atoms with Gasteiger partial charge in [0.1, 0.15) is 0 Å². The number of rotatable bonds is 3. The summed E-state index contributed by atoms with van der Waals surface area (Å²) in [6.07, 6.45) is 3.84. The summed E-state index contributed by atoms with van der Waals surface area (Å²) in [5, 5.41) is 21.8. The highest BCUT2D eigenvalue weighted by Crippen LogP contribution is 2.45. The molecule has 0 bridgehead atoms. The minimum atomic E-state index is 0.973. The van der Waals surface area contributed by atoms with Crippen LogP contribution in [0.3, 0.4) is 0 Å². The molecule has 11 aromatic rings. The maximum absolute atomic E-state index is 4.41. The van der Waals surface area contributed by atoms with Gasteiger partial charge in [-0.25, -0.2) is 0 Å². The molecule has 11 rings (SSSR count). The Kier molecular flexibility index (Phi) is 7.58. The Balaban J connectivity index is 1.18. The van der Waals surface area contributed by atoms with Crippen molar-refractivity contribution in [1.29, 1.82) is 0 Å². The van der Waals surface area contributed by atoms with Crippen LogP contribution in [0.15, 0.2) is 179 Å². The normalized spacial score (nSPS) is 12.4. The van der Waals surface area contributed by atoms with Crippen molar-refractivity contribution in [2.75, 3.05) is 0 Å². The third-order valence-electron chi connectivity index (χ3n) is 11.8. The van der Waals surface area contributed by atoms with Crippen LogP contribution in [0.2, 0.25) is 0 Å². The molecule has 0 atom stereocenters. The molecule has 0 unspecified atom stereocenters. The lowest BCUT2D eigenvalue weighted by molar-refractivity contribution is 1.55. The van der Waals surface area contributed by atoms with Crippen LogP contribution >= 0.6 is 31.9 Å². The van der Waals surface area contributed by atoms with E-state index in [0.717, 1.165) is 19.4 Å². The Morgan fingerprint density at radius 2 is 0.804 bits per heavy atom. The van der Waals surface area contributed by atoms with E-state index in [-0.39, 0.29) is 0 Å². The van der Waals surface area contributed by atoms with E-state index in [9.17, 15) is 0 Å². The monoisotopic (exact) mass is 838 g/mol. The summed E-state index contributed by atoms with van der Waals surface area (Å²) in [5.74, 6) is 0. The van der Waals surface area contributed by atoms with Crippen molar-refractivity contribution < 1.29 is 0 Å². The fourth-order valence-electron chi connectivity index (χ4n) is 9.30. The minimum Gasteiger partial charge on any atom is -0.0990 e. The molecule has 0 N–H and O–H groups in total. The van der Waals surface area contributed by atoms with Crippen LogP contribution in [0.4, 0.5) is 0 Å². The highest BCUT2D eigenvalue weighted by atomic mass is 79.9. The molecular formula is C54H32Br2.